The van der Waals surface area contributed by atoms with Crippen LogP contribution >= 0.6 is 0 Å². The molecule has 0 aromatic carbocycles. The number of nitrogens with one attached hydrogen (secondary N) is 2. The number of carboxylic acids is 1. The van der Waals surface area contributed by atoms with Gasteiger partial charge in [-0.1, -0.05) is 6.42 Å². The number of hydrogen-bond acceptors (Lipinski definition) is 4. The van der Waals surface area contributed by atoms with Crippen molar-refractivity contribution in [3.8, 4) is 0 Å². The Bertz CT molecular complexity index is 336. The molecule has 0 bridgehead atoms. The van der Waals surface area contributed by atoms with Crippen LogP contribution in [0, 0.1) is 0 Å². The number of nitrogens with zero attached hydrogens (tertiary/aromatic N) is 1. The Hall–Kier alpha value is -1.34. The second-order valence-corrected chi connectivity index (χ2v) is 5.11. The van der Waals surface area contributed by atoms with E-state index in [9.17, 15) is 14.7 Å². The summed E-state index contributed by atoms with van der Waals surface area (Å²) in [5, 5.41) is 13.8. The number of carbonyl (C=O) groups is 2. The Labute approximate surface area is 112 Å². The third-order valence-electron chi connectivity index (χ3n) is 3.72. The Kier molecular flexibility index (Phi) is 4.60. The first-order valence-corrected chi connectivity index (χ1v) is 6.77. The van der Waals surface area contributed by atoms with E-state index >= 15 is 0 Å². The molecule has 2 heterocycles. The highest BCUT2D eigenvalue weighted by atomic mass is 16.5. The van der Waals surface area contributed by atoms with Crippen molar-refractivity contribution in [2.24, 2.45) is 0 Å². The summed E-state index contributed by atoms with van der Waals surface area (Å²) in [4.78, 5) is 23.3. The normalized spacial score (nSPS) is 23.6. The summed E-state index contributed by atoms with van der Waals surface area (Å²) in [5.74, 6) is -0.996. The van der Waals surface area contributed by atoms with E-state index in [-0.39, 0.29) is 0 Å². The maximum absolute atomic E-state index is 11.9. The molecule has 0 radical (unpaired) electrons. The van der Waals surface area contributed by atoms with E-state index in [1.165, 1.54) is 6.42 Å². The molecule has 2 saturated heterocycles. The third-order valence-corrected chi connectivity index (χ3v) is 3.72. The van der Waals surface area contributed by atoms with Gasteiger partial charge in [0.25, 0.3) is 0 Å². The molecule has 0 unspecified atom stereocenters. The first-order chi connectivity index (χ1) is 9.12. The fourth-order valence-electron chi connectivity index (χ4n) is 2.51. The van der Waals surface area contributed by atoms with Gasteiger partial charge in [-0.15, -0.1) is 0 Å². The molecule has 0 aliphatic carbocycles. The summed E-state index contributed by atoms with van der Waals surface area (Å²) in [6.07, 6.45) is 3.89. The van der Waals surface area contributed by atoms with Gasteiger partial charge < -0.3 is 15.2 Å². The van der Waals surface area contributed by atoms with Crippen LogP contribution in [0.1, 0.15) is 32.1 Å². The molecule has 19 heavy (non-hydrogen) atoms. The minimum absolute atomic E-state index is 0.301. The van der Waals surface area contributed by atoms with E-state index < -0.39 is 17.5 Å². The number of piperidine rings is 1. The molecule has 2 fully saturated rings. The number of rotatable bonds is 3. The van der Waals surface area contributed by atoms with Gasteiger partial charge >= 0.3 is 12.0 Å². The zero-order valence-corrected chi connectivity index (χ0v) is 11.0. The number of carbonyl (C=O) groups excluding carboxylic acids is 1. The van der Waals surface area contributed by atoms with Crippen LogP contribution in [-0.4, -0.2) is 54.0 Å². The average Bonchev–Trinajstić information content (AvgIpc) is 2.40. The molecule has 2 aliphatic heterocycles. The summed E-state index contributed by atoms with van der Waals surface area (Å²) >= 11 is 0. The topological polar surface area (TPSA) is 90.9 Å². The van der Waals surface area contributed by atoms with Crippen molar-refractivity contribution in [2.45, 2.75) is 37.6 Å². The highest BCUT2D eigenvalue weighted by Crippen LogP contribution is 2.21. The fraction of sp³-hybridized carbons (Fsp3) is 0.833. The van der Waals surface area contributed by atoms with Gasteiger partial charge in [0, 0.05) is 39.1 Å². The van der Waals surface area contributed by atoms with Gasteiger partial charge in [-0.3, -0.25) is 5.43 Å². The van der Waals surface area contributed by atoms with Crippen LogP contribution in [0.3, 0.4) is 0 Å². The third kappa shape index (κ3) is 3.57. The molecule has 0 spiro atoms. The molecule has 0 aromatic heterocycles. The van der Waals surface area contributed by atoms with Gasteiger partial charge in [0.15, 0.2) is 0 Å². The standard InChI is InChI=1S/C12H21N3O4/c16-10(17)12(4-8-19-9-5-12)13-11(18)14-15-6-2-1-3-7-15/h1-9H2,(H,16,17)(H2,13,14,18). The van der Waals surface area contributed by atoms with E-state index in [0.717, 1.165) is 25.9 Å². The van der Waals surface area contributed by atoms with Crippen molar-refractivity contribution in [2.75, 3.05) is 26.3 Å². The molecule has 7 heteroatoms. The van der Waals surface area contributed by atoms with Gasteiger partial charge in [0.05, 0.1) is 0 Å². The monoisotopic (exact) mass is 271 g/mol. The maximum Gasteiger partial charge on any atom is 0.330 e. The number of hydrazine groups is 1. The summed E-state index contributed by atoms with van der Waals surface area (Å²) < 4.78 is 5.16. The molecule has 3 N–H and O–H groups in total. The molecule has 2 aliphatic rings. The molecule has 2 rings (SSSR count). The fourth-order valence-corrected chi connectivity index (χ4v) is 2.51. The number of aliphatic carboxylic acids is 1. The van der Waals surface area contributed by atoms with Crippen LogP contribution < -0.4 is 10.7 Å². The van der Waals surface area contributed by atoms with Crippen molar-refractivity contribution >= 4 is 12.0 Å². The van der Waals surface area contributed by atoms with Crippen molar-refractivity contribution in [1.82, 2.24) is 15.8 Å². The van der Waals surface area contributed by atoms with Crippen LogP contribution in [0.5, 0.6) is 0 Å². The van der Waals surface area contributed by atoms with Crippen LogP contribution in [0.25, 0.3) is 0 Å². The van der Waals surface area contributed by atoms with E-state index in [1.807, 2.05) is 5.01 Å². The predicted octanol–water partition coefficient (Wildman–Crippen LogP) is 0.320. The van der Waals surface area contributed by atoms with Crippen LogP contribution in [0.2, 0.25) is 0 Å². The first kappa shape index (κ1) is 14.1. The summed E-state index contributed by atoms with van der Waals surface area (Å²) in [6.45, 7) is 2.35. The lowest BCUT2D eigenvalue weighted by Crippen LogP contribution is -2.61. The van der Waals surface area contributed by atoms with Crippen LogP contribution in [0.15, 0.2) is 0 Å². The van der Waals surface area contributed by atoms with E-state index in [1.54, 1.807) is 0 Å². The quantitative estimate of drug-likeness (QED) is 0.687. The number of ether oxygens (including phenoxy) is 1. The van der Waals surface area contributed by atoms with Crippen LogP contribution in [-0.2, 0) is 9.53 Å². The molecule has 0 aromatic rings. The molecule has 0 atom stereocenters. The molecule has 2 amide bonds. The summed E-state index contributed by atoms with van der Waals surface area (Å²) in [6, 6.07) is -0.439. The van der Waals surface area contributed by atoms with Crippen molar-refractivity contribution in [1.29, 1.82) is 0 Å². The SMILES string of the molecule is O=C(NN1CCCCC1)NC1(C(=O)O)CCOCC1. The Morgan fingerprint density at radius 2 is 1.74 bits per heavy atom. The Morgan fingerprint density at radius 3 is 2.32 bits per heavy atom. The minimum Gasteiger partial charge on any atom is -0.480 e. The smallest absolute Gasteiger partial charge is 0.330 e. The highest BCUT2D eigenvalue weighted by Gasteiger charge is 2.41. The predicted molar refractivity (Wildman–Crippen MR) is 67.5 cm³/mol. The number of hydrogen-bond donors (Lipinski definition) is 3. The van der Waals surface area contributed by atoms with Crippen molar-refractivity contribution in [3.63, 3.8) is 0 Å². The second-order valence-electron chi connectivity index (χ2n) is 5.11. The van der Waals surface area contributed by atoms with Gasteiger partial charge in [-0.25, -0.2) is 14.6 Å². The molecule has 108 valence electrons. The molecule has 0 saturated carbocycles. The molecule has 7 nitrogen and oxygen atoms in total. The number of carboxylic acid groups (broad SMARTS) is 1. The molecular weight excluding hydrogens is 250 g/mol. The second kappa shape index (κ2) is 6.21. The van der Waals surface area contributed by atoms with E-state index in [2.05, 4.69) is 10.7 Å². The Morgan fingerprint density at radius 1 is 1.11 bits per heavy atom. The minimum atomic E-state index is -1.20. The molecular formula is C12H21N3O4. The lowest BCUT2D eigenvalue weighted by atomic mass is 9.90. The van der Waals surface area contributed by atoms with Gasteiger partial charge in [-0.05, 0) is 12.8 Å². The lowest BCUT2D eigenvalue weighted by molar-refractivity contribution is -0.148. The van der Waals surface area contributed by atoms with E-state index in [0.29, 0.717) is 26.1 Å². The van der Waals surface area contributed by atoms with Crippen LogP contribution in [0.4, 0.5) is 4.79 Å². The zero-order valence-electron chi connectivity index (χ0n) is 11.0. The van der Waals surface area contributed by atoms with Gasteiger partial charge in [-0.2, -0.15) is 0 Å². The summed E-state index contributed by atoms with van der Waals surface area (Å²) in [7, 11) is 0. The lowest BCUT2D eigenvalue weighted by Gasteiger charge is -2.35. The maximum atomic E-state index is 11.9. The van der Waals surface area contributed by atoms with Gasteiger partial charge in [0.1, 0.15) is 5.54 Å². The number of amides is 2. The summed E-state index contributed by atoms with van der Waals surface area (Å²) in [5.41, 5.74) is 1.53. The average molecular weight is 271 g/mol. The first-order valence-electron chi connectivity index (χ1n) is 6.77. The Balaban J connectivity index is 1.89. The van der Waals surface area contributed by atoms with Gasteiger partial charge in [0.2, 0.25) is 0 Å². The number of urea groups is 1. The highest BCUT2D eigenvalue weighted by molar-refractivity contribution is 5.86. The zero-order chi connectivity index (χ0) is 13.7. The van der Waals surface area contributed by atoms with Crippen molar-refractivity contribution < 1.29 is 19.4 Å². The van der Waals surface area contributed by atoms with E-state index in [4.69, 9.17) is 4.74 Å². The largest absolute Gasteiger partial charge is 0.480 e. The van der Waals surface area contributed by atoms with Crippen molar-refractivity contribution in [3.05, 3.63) is 0 Å².